The van der Waals surface area contributed by atoms with Gasteiger partial charge in [-0.2, -0.15) is 0 Å². The van der Waals surface area contributed by atoms with Crippen LogP contribution in [-0.2, 0) is 4.79 Å². The molecule has 2 N–H and O–H groups in total. The van der Waals surface area contributed by atoms with Crippen LogP contribution in [0.2, 0.25) is 0 Å². The second-order valence-corrected chi connectivity index (χ2v) is 8.18. The highest BCUT2D eigenvalue weighted by Gasteiger charge is 2.37. The number of anilines is 1. The van der Waals surface area contributed by atoms with E-state index >= 15 is 0 Å². The Hall–Kier alpha value is -3.00. The fourth-order valence-electron chi connectivity index (χ4n) is 3.25. The molecule has 0 bridgehead atoms. The van der Waals surface area contributed by atoms with E-state index in [-0.39, 0.29) is 11.9 Å². The number of rotatable bonds is 4. The normalized spacial score (nSPS) is 17.9. The van der Waals surface area contributed by atoms with Crippen molar-refractivity contribution < 1.29 is 9.53 Å². The Morgan fingerprint density at radius 1 is 1.10 bits per heavy atom. The minimum atomic E-state index is -0.416. The van der Waals surface area contributed by atoms with Gasteiger partial charge in [-0.25, -0.2) is 4.68 Å². The van der Waals surface area contributed by atoms with Crippen molar-refractivity contribution in [2.75, 3.05) is 17.9 Å². The van der Waals surface area contributed by atoms with Gasteiger partial charge in [0.25, 0.3) is 0 Å². The maximum Gasteiger partial charge on any atom is 0.240 e. The number of methoxy groups -OCH3 is 1. The SMILES string of the molecule is COc1ccc([C@@H]2Nn3c(C)nnc3S[C@@H]2C(=O)Nc2ccc(C)c(C)c2)cc1. The summed E-state index contributed by atoms with van der Waals surface area (Å²) in [7, 11) is 1.64. The summed E-state index contributed by atoms with van der Waals surface area (Å²) in [4.78, 5) is 13.2. The molecule has 1 aliphatic heterocycles. The maximum atomic E-state index is 13.2. The standard InChI is InChI=1S/C21H23N5O2S/c1-12-5-8-16(11-13(12)2)22-20(27)19-18(15-6-9-17(28-4)10-7-15)25-26-14(3)23-24-21(26)29-19/h5-11,18-19,25H,1-4H3,(H,22,27)/t18-,19-/m0/s1. The molecule has 1 aromatic heterocycles. The molecule has 0 fully saturated rings. The zero-order valence-corrected chi connectivity index (χ0v) is 17.6. The van der Waals surface area contributed by atoms with E-state index in [1.54, 1.807) is 7.11 Å². The lowest BCUT2D eigenvalue weighted by atomic mass is 10.0. The summed E-state index contributed by atoms with van der Waals surface area (Å²) >= 11 is 1.41. The van der Waals surface area contributed by atoms with Crippen molar-refractivity contribution in [3.63, 3.8) is 0 Å². The lowest BCUT2D eigenvalue weighted by Gasteiger charge is -2.32. The van der Waals surface area contributed by atoms with Crippen molar-refractivity contribution in [3.8, 4) is 5.75 Å². The molecule has 4 rings (SSSR count). The van der Waals surface area contributed by atoms with Gasteiger partial charge in [0.1, 0.15) is 16.8 Å². The van der Waals surface area contributed by atoms with Crippen molar-refractivity contribution in [3.05, 3.63) is 65.0 Å². The summed E-state index contributed by atoms with van der Waals surface area (Å²) in [5.41, 5.74) is 7.51. The van der Waals surface area contributed by atoms with Gasteiger partial charge in [-0.15, -0.1) is 10.2 Å². The molecule has 0 aliphatic carbocycles. The van der Waals surface area contributed by atoms with E-state index in [4.69, 9.17) is 4.74 Å². The summed E-state index contributed by atoms with van der Waals surface area (Å²) in [6.07, 6.45) is 0. The lowest BCUT2D eigenvalue weighted by Crippen LogP contribution is -2.41. The first-order valence-electron chi connectivity index (χ1n) is 9.33. The summed E-state index contributed by atoms with van der Waals surface area (Å²) in [5, 5.41) is 11.6. The second-order valence-electron chi connectivity index (χ2n) is 7.07. The van der Waals surface area contributed by atoms with Crippen LogP contribution in [0.5, 0.6) is 5.75 Å². The maximum absolute atomic E-state index is 13.2. The number of ether oxygens (including phenoxy) is 1. The third kappa shape index (κ3) is 3.80. The molecule has 0 saturated carbocycles. The van der Waals surface area contributed by atoms with E-state index in [0.717, 1.165) is 28.4 Å². The van der Waals surface area contributed by atoms with Gasteiger partial charge >= 0.3 is 0 Å². The number of aromatic nitrogens is 3. The molecule has 150 valence electrons. The summed E-state index contributed by atoms with van der Waals surface area (Å²) in [6.45, 7) is 5.97. The van der Waals surface area contributed by atoms with Gasteiger partial charge in [0, 0.05) is 5.69 Å². The molecule has 0 saturated heterocycles. The van der Waals surface area contributed by atoms with Crippen LogP contribution in [0.4, 0.5) is 5.69 Å². The van der Waals surface area contributed by atoms with Crippen LogP contribution in [0.3, 0.4) is 0 Å². The average molecular weight is 410 g/mol. The second kappa shape index (κ2) is 7.79. The highest BCUT2D eigenvalue weighted by molar-refractivity contribution is 8.00. The number of aryl methyl sites for hydroxylation is 3. The van der Waals surface area contributed by atoms with E-state index in [0.29, 0.717) is 5.16 Å². The number of benzene rings is 2. The molecule has 0 spiro atoms. The predicted molar refractivity (Wildman–Crippen MR) is 114 cm³/mol. The summed E-state index contributed by atoms with van der Waals surface area (Å²) < 4.78 is 7.10. The van der Waals surface area contributed by atoms with E-state index in [9.17, 15) is 4.79 Å². The molecule has 3 aromatic rings. The number of hydrogen-bond acceptors (Lipinski definition) is 6. The minimum absolute atomic E-state index is 0.0847. The zero-order valence-electron chi connectivity index (χ0n) is 16.8. The molecule has 29 heavy (non-hydrogen) atoms. The molecule has 8 heteroatoms. The molecule has 0 radical (unpaired) electrons. The molecule has 2 aromatic carbocycles. The molecule has 0 unspecified atom stereocenters. The van der Waals surface area contributed by atoms with Crippen LogP contribution in [0, 0.1) is 20.8 Å². The molecule has 1 amide bonds. The number of carbonyl (C=O) groups is 1. The number of nitrogens with zero attached hydrogens (tertiary/aromatic N) is 3. The molecule has 2 heterocycles. The summed E-state index contributed by atoms with van der Waals surface area (Å²) in [5.74, 6) is 1.44. The minimum Gasteiger partial charge on any atom is -0.497 e. The van der Waals surface area contributed by atoms with Crippen molar-refractivity contribution >= 4 is 23.4 Å². The van der Waals surface area contributed by atoms with E-state index in [1.165, 1.54) is 17.3 Å². The Bertz CT molecular complexity index is 1050. The van der Waals surface area contributed by atoms with Gasteiger partial charge in [-0.05, 0) is 61.7 Å². The monoisotopic (exact) mass is 409 g/mol. The van der Waals surface area contributed by atoms with Crippen LogP contribution in [0.1, 0.15) is 28.6 Å². The first kappa shape index (κ1) is 19.3. The fraction of sp³-hybridized carbons (Fsp3) is 0.286. The molecule has 2 atom stereocenters. The quantitative estimate of drug-likeness (QED) is 0.685. The summed E-state index contributed by atoms with van der Waals surface area (Å²) in [6, 6.07) is 13.4. The van der Waals surface area contributed by atoms with Gasteiger partial charge < -0.3 is 15.5 Å². The Morgan fingerprint density at radius 3 is 2.55 bits per heavy atom. The van der Waals surface area contributed by atoms with E-state index < -0.39 is 5.25 Å². The number of nitrogens with one attached hydrogen (secondary N) is 2. The van der Waals surface area contributed by atoms with Crippen LogP contribution >= 0.6 is 11.8 Å². The Kier molecular flexibility index (Phi) is 5.19. The Morgan fingerprint density at radius 2 is 1.86 bits per heavy atom. The molecular weight excluding hydrogens is 386 g/mol. The highest BCUT2D eigenvalue weighted by Crippen LogP contribution is 2.38. The number of carbonyl (C=O) groups excluding carboxylic acids is 1. The van der Waals surface area contributed by atoms with Crippen molar-refractivity contribution in [1.82, 2.24) is 14.9 Å². The lowest BCUT2D eigenvalue weighted by molar-refractivity contribution is -0.116. The fourth-order valence-corrected chi connectivity index (χ4v) is 4.38. The van der Waals surface area contributed by atoms with Gasteiger partial charge in [0.05, 0.1) is 13.2 Å². The zero-order chi connectivity index (χ0) is 20.5. The molecule has 1 aliphatic rings. The van der Waals surface area contributed by atoms with Crippen molar-refractivity contribution in [2.45, 2.75) is 37.2 Å². The third-order valence-corrected chi connectivity index (χ3v) is 6.32. The topological polar surface area (TPSA) is 81.1 Å². The van der Waals surface area contributed by atoms with Gasteiger partial charge in [-0.1, -0.05) is 30.0 Å². The van der Waals surface area contributed by atoms with Crippen molar-refractivity contribution in [1.29, 1.82) is 0 Å². The van der Waals surface area contributed by atoms with Gasteiger partial charge in [0.2, 0.25) is 11.1 Å². The van der Waals surface area contributed by atoms with Crippen LogP contribution in [0.25, 0.3) is 0 Å². The first-order chi connectivity index (χ1) is 14.0. The molecule has 7 nitrogen and oxygen atoms in total. The van der Waals surface area contributed by atoms with Crippen LogP contribution < -0.4 is 15.5 Å². The van der Waals surface area contributed by atoms with Gasteiger partial charge in [-0.3, -0.25) is 4.79 Å². The van der Waals surface area contributed by atoms with Crippen LogP contribution in [-0.4, -0.2) is 33.1 Å². The van der Waals surface area contributed by atoms with Crippen LogP contribution in [0.15, 0.2) is 47.6 Å². The average Bonchev–Trinajstić information content (AvgIpc) is 3.10. The third-order valence-electron chi connectivity index (χ3n) is 5.11. The Balaban J connectivity index is 1.65. The Labute approximate surface area is 173 Å². The number of fused-ring (bicyclic) bond motifs is 1. The predicted octanol–water partition coefficient (Wildman–Crippen LogP) is 3.61. The number of amides is 1. The first-order valence-corrected chi connectivity index (χ1v) is 10.2. The van der Waals surface area contributed by atoms with Crippen molar-refractivity contribution in [2.24, 2.45) is 0 Å². The molecular formula is C21H23N5O2S. The van der Waals surface area contributed by atoms with E-state index in [1.807, 2.05) is 61.0 Å². The van der Waals surface area contributed by atoms with E-state index in [2.05, 4.69) is 27.9 Å². The largest absolute Gasteiger partial charge is 0.497 e. The smallest absolute Gasteiger partial charge is 0.240 e. The highest BCUT2D eigenvalue weighted by atomic mass is 32.2. The number of hydrogen-bond donors (Lipinski definition) is 2. The van der Waals surface area contributed by atoms with Gasteiger partial charge in [0.15, 0.2) is 0 Å². The number of thioether (sulfide) groups is 1.